The number of aryl methyl sites for hydroxylation is 1. The summed E-state index contributed by atoms with van der Waals surface area (Å²) in [6.45, 7) is 1.90. The van der Waals surface area contributed by atoms with Crippen LogP contribution in [0.3, 0.4) is 0 Å². The molecule has 0 atom stereocenters. The highest BCUT2D eigenvalue weighted by molar-refractivity contribution is 5.60. The van der Waals surface area contributed by atoms with E-state index in [1.165, 1.54) is 10.8 Å². The van der Waals surface area contributed by atoms with Gasteiger partial charge in [0, 0.05) is 12.5 Å². The number of nitrogens with zero attached hydrogens (tertiary/aromatic N) is 5. The number of nitro groups is 1. The predicted octanol–water partition coefficient (Wildman–Crippen LogP) is 1.47. The minimum atomic E-state index is -0.517. The second kappa shape index (κ2) is 6.36. The summed E-state index contributed by atoms with van der Waals surface area (Å²) < 4.78 is 11.5. The van der Waals surface area contributed by atoms with Crippen molar-refractivity contribution in [1.82, 2.24) is 14.7 Å². The molecule has 0 N–H and O–H groups in total. The van der Waals surface area contributed by atoms with Gasteiger partial charge < -0.3 is 20.1 Å². The maximum atomic E-state index is 11.7. The topological polar surface area (TPSA) is 123 Å². The summed E-state index contributed by atoms with van der Waals surface area (Å²) in [6, 6.07) is 8.79. The summed E-state index contributed by atoms with van der Waals surface area (Å²) in [5, 5.41) is 26.3. The maximum Gasteiger partial charge on any atom is 0.403 e. The van der Waals surface area contributed by atoms with Gasteiger partial charge in [-0.3, -0.25) is 4.63 Å². The molecule has 3 rings (SSSR count). The fraction of sp³-hybridized carbons (Fsp3) is 0.214. The Labute approximate surface area is 135 Å². The molecule has 3 aromatic rings. The van der Waals surface area contributed by atoms with Gasteiger partial charge in [-0.05, 0) is 9.83 Å². The molecule has 0 unspecified atom stereocenters. The van der Waals surface area contributed by atoms with Crippen molar-refractivity contribution in [2.75, 3.05) is 6.61 Å². The van der Waals surface area contributed by atoms with Crippen LogP contribution in [0.15, 0.2) is 41.2 Å². The van der Waals surface area contributed by atoms with Crippen LogP contribution in [-0.2, 0) is 6.54 Å². The third-order valence-corrected chi connectivity index (χ3v) is 3.41. The standard InChI is InChI=1S/C14H13N5O5/c1-10-15-9-12(18(20)21)17(10)7-8-23-14-13(19(22)24-16-14)11-5-3-2-4-6-11/h2-6,9H,7-8H2,1H3. The van der Waals surface area contributed by atoms with E-state index in [1.807, 2.05) is 6.07 Å². The first-order valence-electron chi connectivity index (χ1n) is 7.02. The summed E-state index contributed by atoms with van der Waals surface area (Å²) in [6.07, 6.45) is 1.19. The number of hydrogen-bond acceptors (Lipinski definition) is 7. The molecule has 124 valence electrons. The highest BCUT2D eigenvalue weighted by Crippen LogP contribution is 2.24. The number of aromatic nitrogens is 4. The third kappa shape index (κ3) is 2.89. The van der Waals surface area contributed by atoms with Crippen molar-refractivity contribution in [3.63, 3.8) is 0 Å². The summed E-state index contributed by atoms with van der Waals surface area (Å²) in [5.74, 6) is 0.391. The number of hydrogen-bond donors (Lipinski definition) is 0. The lowest BCUT2D eigenvalue weighted by Crippen LogP contribution is -2.25. The quantitative estimate of drug-likeness (QED) is 0.380. The Balaban J connectivity index is 1.75. The van der Waals surface area contributed by atoms with Crippen molar-refractivity contribution in [3.8, 4) is 17.1 Å². The smallest absolute Gasteiger partial charge is 0.403 e. The first-order chi connectivity index (χ1) is 11.6. The molecule has 0 saturated carbocycles. The van der Waals surface area contributed by atoms with E-state index in [-0.39, 0.29) is 35.4 Å². The Morgan fingerprint density at radius 3 is 2.83 bits per heavy atom. The molecule has 0 radical (unpaired) electrons. The van der Waals surface area contributed by atoms with Crippen molar-refractivity contribution < 1.29 is 19.2 Å². The number of ether oxygens (including phenoxy) is 1. The van der Waals surface area contributed by atoms with Crippen molar-refractivity contribution in [2.24, 2.45) is 0 Å². The zero-order valence-corrected chi connectivity index (χ0v) is 12.7. The van der Waals surface area contributed by atoms with E-state index >= 15 is 0 Å². The molecular weight excluding hydrogens is 318 g/mol. The van der Waals surface area contributed by atoms with Crippen LogP contribution in [0, 0.1) is 22.2 Å². The van der Waals surface area contributed by atoms with Gasteiger partial charge in [0.05, 0.1) is 5.16 Å². The fourth-order valence-electron chi connectivity index (χ4n) is 2.27. The first kappa shape index (κ1) is 15.5. The molecule has 1 aromatic carbocycles. The van der Waals surface area contributed by atoms with Crippen LogP contribution in [-0.4, -0.2) is 26.2 Å². The normalized spacial score (nSPS) is 10.7. The van der Waals surface area contributed by atoms with Gasteiger partial charge in [-0.15, -0.1) is 0 Å². The molecule has 0 spiro atoms. The van der Waals surface area contributed by atoms with Crippen molar-refractivity contribution in [3.05, 3.63) is 57.7 Å². The highest BCUT2D eigenvalue weighted by atomic mass is 16.8. The second-order valence-corrected chi connectivity index (χ2v) is 4.87. The Hall–Kier alpha value is -3.43. The Morgan fingerprint density at radius 2 is 2.12 bits per heavy atom. The lowest BCUT2D eigenvalue weighted by atomic mass is 10.2. The van der Waals surface area contributed by atoms with E-state index in [0.717, 1.165) is 0 Å². The Kier molecular flexibility index (Phi) is 4.10. The first-order valence-corrected chi connectivity index (χ1v) is 7.02. The van der Waals surface area contributed by atoms with E-state index in [2.05, 4.69) is 14.8 Å². The molecule has 0 aliphatic heterocycles. The zero-order chi connectivity index (χ0) is 17.1. The van der Waals surface area contributed by atoms with E-state index in [9.17, 15) is 15.3 Å². The van der Waals surface area contributed by atoms with Gasteiger partial charge in [-0.25, -0.2) is 9.55 Å². The lowest BCUT2D eigenvalue weighted by molar-refractivity contribution is -0.793. The molecule has 24 heavy (non-hydrogen) atoms. The molecule has 0 fully saturated rings. The third-order valence-electron chi connectivity index (χ3n) is 3.41. The second-order valence-electron chi connectivity index (χ2n) is 4.87. The molecule has 10 nitrogen and oxygen atoms in total. The monoisotopic (exact) mass is 331 g/mol. The summed E-state index contributed by atoms with van der Waals surface area (Å²) in [7, 11) is 0. The number of benzene rings is 1. The van der Waals surface area contributed by atoms with Crippen LogP contribution in [0.5, 0.6) is 5.88 Å². The highest BCUT2D eigenvalue weighted by Gasteiger charge is 2.24. The van der Waals surface area contributed by atoms with Crippen LogP contribution < -0.4 is 9.64 Å². The van der Waals surface area contributed by atoms with Gasteiger partial charge in [0.15, 0.2) is 5.82 Å². The maximum absolute atomic E-state index is 11.7. The van der Waals surface area contributed by atoms with Gasteiger partial charge >= 0.3 is 11.7 Å². The number of rotatable bonds is 6. The van der Waals surface area contributed by atoms with Crippen molar-refractivity contribution in [2.45, 2.75) is 13.5 Å². The SMILES string of the molecule is Cc1ncc([N+](=O)[O-])n1CCOc1no[n+]([O-])c1-c1ccccc1. The van der Waals surface area contributed by atoms with Crippen LogP contribution in [0.4, 0.5) is 5.82 Å². The predicted molar refractivity (Wildman–Crippen MR) is 80.0 cm³/mol. The molecule has 0 bridgehead atoms. The van der Waals surface area contributed by atoms with Gasteiger partial charge in [-0.1, -0.05) is 30.3 Å². The summed E-state index contributed by atoms with van der Waals surface area (Å²) in [4.78, 5) is 14.6. The number of imidazole rings is 1. The minimum absolute atomic E-state index is 0.0246. The van der Waals surface area contributed by atoms with Gasteiger partial charge in [0.25, 0.3) is 5.69 Å². The molecule has 0 aliphatic carbocycles. The van der Waals surface area contributed by atoms with Crippen LogP contribution >= 0.6 is 0 Å². The summed E-state index contributed by atoms with van der Waals surface area (Å²) >= 11 is 0. The van der Waals surface area contributed by atoms with E-state index in [0.29, 0.717) is 11.4 Å². The summed E-state index contributed by atoms with van der Waals surface area (Å²) in [5.41, 5.74) is 0.737. The Morgan fingerprint density at radius 1 is 1.38 bits per heavy atom. The largest absolute Gasteiger partial charge is 0.451 e. The van der Waals surface area contributed by atoms with Crippen LogP contribution in [0.1, 0.15) is 5.82 Å². The van der Waals surface area contributed by atoms with E-state index < -0.39 is 4.92 Å². The van der Waals surface area contributed by atoms with Gasteiger partial charge in [-0.2, -0.15) is 0 Å². The average molecular weight is 331 g/mol. The average Bonchev–Trinajstić information content (AvgIpc) is 3.12. The van der Waals surface area contributed by atoms with Crippen molar-refractivity contribution >= 4 is 5.82 Å². The molecule has 2 heterocycles. The van der Waals surface area contributed by atoms with Gasteiger partial charge in [0.1, 0.15) is 19.3 Å². The Bertz CT molecular complexity index is 858. The minimum Gasteiger partial charge on any atom is -0.451 e. The molecule has 0 amide bonds. The molecule has 0 aliphatic rings. The fourth-order valence-corrected chi connectivity index (χ4v) is 2.27. The van der Waals surface area contributed by atoms with Gasteiger partial charge in [0.2, 0.25) is 0 Å². The van der Waals surface area contributed by atoms with Crippen LogP contribution in [0.2, 0.25) is 0 Å². The van der Waals surface area contributed by atoms with Crippen molar-refractivity contribution in [1.29, 1.82) is 0 Å². The molecule has 0 saturated heterocycles. The molecule has 10 heteroatoms. The lowest BCUT2D eigenvalue weighted by Gasteiger charge is -2.03. The van der Waals surface area contributed by atoms with E-state index in [1.54, 1.807) is 31.2 Å². The zero-order valence-electron chi connectivity index (χ0n) is 12.7. The molecule has 2 aromatic heterocycles. The van der Waals surface area contributed by atoms with E-state index in [4.69, 9.17) is 4.74 Å². The molecular formula is C14H13N5O5. The van der Waals surface area contributed by atoms with Crippen LogP contribution in [0.25, 0.3) is 11.3 Å².